The number of rotatable bonds is 6. The molecule has 148 valence electrons. The van der Waals surface area contributed by atoms with Crippen molar-refractivity contribution in [2.75, 3.05) is 10.6 Å². The first-order valence-corrected chi connectivity index (χ1v) is 10.0. The van der Waals surface area contributed by atoms with Crippen LogP contribution in [0.25, 0.3) is 0 Å². The van der Waals surface area contributed by atoms with Gasteiger partial charge < -0.3 is 16.0 Å². The van der Waals surface area contributed by atoms with Crippen molar-refractivity contribution < 1.29 is 4.79 Å². The Hall–Kier alpha value is -3.18. The van der Waals surface area contributed by atoms with E-state index in [1.807, 2.05) is 54.6 Å². The molecular weight excluding hydrogens is 378 g/mol. The number of thiocarbonyl (C=S) groups is 1. The molecule has 0 aromatic heterocycles. The summed E-state index contributed by atoms with van der Waals surface area (Å²) in [7, 11) is 0. The third kappa shape index (κ3) is 6.16. The van der Waals surface area contributed by atoms with Gasteiger partial charge in [0.25, 0.3) is 5.91 Å². The number of benzene rings is 3. The minimum atomic E-state index is -0.124. The van der Waals surface area contributed by atoms with Gasteiger partial charge in [0, 0.05) is 23.5 Å². The summed E-state index contributed by atoms with van der Waals surface area (Å²) in [5.41, 5.74) is 4.60. The lowest BCUT2D eigenvalue weighted by atomic mass is 10.0. The normalized spacial score (nSPS) is 10.4. The Morgan fingerprint density at radius 1 is 0.862 bits per heavy atom. The third-order valence-corrected chi connectivity index (χ3v) is 4.72. The molecule has 0 saturated heterocycles. The number of anilines is 2. The average Bonchev–Trinajstić information content (AvgIpc) is 2.73. The number of carbonyl (C=O) groups excluding carboxylic acids is 1. The molecule has 29 heavy (non-hydrogen) atoms. The van der Waals surface area contributed by atoms with Gasteiger partial charge in [0.1, 0.15) is 0 Å². The first kappa shape index (κ1) is 20.6. The molecule has 3 aromatic rings. The van der Waals surface area contributed by atoms with Gasteiger partial charge in [0.2, 0.25) is 0 Å². The molecule has 1 amide bonds. The molecule has 0 aliphatic heterocycles. The fourth-order valence-electron chi connectivity index (χ4n) is 2.86. The quantitative estimate of drug-likeness (QED) is 0.473. The molecule has 0 fully saturated rings. The molecule has 5 heteroatoms. The van der Waals surface area contributed by atoms with E-state index in [1.165, 1.54) is 5.56 Å². The topological polar surface area (TPSA) is 53.2 Å². The van der Waals surface area contributed by atoms with Crippen molar-refractivity contribution in [3.63, 3.8) is 0 Å². The summed E-state index contributed by atoms with van der Waals surface area (Å²) in [4.78, 5) is 12.4. The Bertz CT molecular complexity index is 969. The maximum Gasteiger partial charge on any atom is 0.251 e. The van der Waals surface area contributed by atoms with Crippen LogP contribution in [0.4, 0.5) is 11.4 Å². The van der Waals surface area contributed by atoms with E-state index >= 15 is 0 Å². The first-order chi connectivity index (χ1) is 14.0. The Morgan fingerprint density at radius 2 is 1.55 bits per heavy atom. The van der Waals surface area contributed by atoms with Gasteiger partial charge in [-0.15, -0.1) is 0 Å². The van der Waals surface area contributed by atoms with Crippen LogP contribution >= 0.6 is 12.2 Å². The highest BCUT2D eigenvalue weighted by atomic mass is 32.1. The zero-order valence-electron chi connectivity index (χ0n) is 16.6. The minimum absolute atomic E-state index is 0.124. The van der Waals surface area contributed by atoms with E-state index in [9.17, 15) is 4.79 Å². The molecule has 0 radical (unpaired) electrons. The zero-order valence-corrected chi connectivity index (χ0v) is 17.4. The molecular formula is C24H25N3OS. The molecule has 0 bridgehead atoms. The highest BCUT2D eigenvalue weighted by Gasteiger charge is 2.07. The second kappa shape index (κ2) is 9.85. The summed E-state index contributed by atoms with van der Waals surface area (Å²) in [6.07, 6.45) is 0. The molecule has 4 nitrogen and oxygen atoms in total. The van der Waals surface area contributed by atoms with Crippen LogP contribution in [-0.2, 0) is 6.54 Å². The Balaban J connectivity index is 1.57. The second-order valence-electron chi connectivity index (χ2n) is 7.10. The van der Waals surface area contributed by atoms with E-state index in [0.717, 1.165) is 16.9 Å². The number of hydrogen-bond acceptors (Lipinski definition) is 2. The Kier molecular flexibility index (Phi) is 6.98. The maximum atomic E-state index is 12.4. The van der Waals surface area contributed by atoms with Crippen LogP contribution in [0.1, 0.15) is 41.3 Å². The standard InChI is InChI=1S/C24H25N3OS/c1-17(2)19-11-13-21(14-12-19)26-24(29)27-22-10-6-9-20(15-22)23(28)25-16-18-7-4-3-5-8-18/h3-15,17H,16H2,1-2H3,(H,25,28)(H2,26,27,29). The number of amides is 1. The number of hydrogen-bond donors (Lipinski definition) is 3. The van der Waals surface area contributed by atoms with Crippen molar-refractivity contribution >= 4 is 34.6 Å². The van der Waals surface area contributed by atoms with Gasteiger partial charge in [-0.25, -0.2) is 0 Å². The van der Waals surface area contributed by atoms with Gasteiger partial charge in [0.15, 0.2) is 5.11 Å². The lowest BCUT2D eigenvalue weighted by Gasteiger charge is -2.13. The van der Waals surface area contributed by atoms with E-state index in [4.69, 9.17) is 12.2 Å². The van der Waals surface area contributed by atoms with Crippen molar-refractivity contribution in [2.24, 2.45) is 0 Å². The smallest absolute Gasteiger partial charge is 0.251 e. The van der Waals surface area contributed by atoms with Crippen LogP contribution in [0.2, 0.25) is 0 Å². The van der Waals surface area contributed by atoms with E-state index < -0.39 is 0 Å². The number of nitrogens with one attached hydrogen (secondary N) is 3. The summed E-state index contributed by atoms with van der Waals surface area (Å²) in [6.45, 7) is 4.82. The van der Waals surface area contributed by atoms with Crippen LogP contribution in [0.3, 0.4) is 0 Å². The van der Waals surface area contributed by atoms with Gasteiger partial charge in [-0.1, -0.05) is 62.4 Å². The Morgan fingerprint density at radius 3 is 2.24 bits per heavy atom. The van der Waals surface area contributed by atoms with Crippen LogP contribution in [0, 0.1) is 0 Å². The van der Waals surface area contributed by atoms with Crippen molar-refractivity contribution in [3.8, 4) is 0 Å². The summed E-state index contributed by atoms with van der Waals surface area (Å²) < 4.78 is 0. The number of carbonyl (C=O) groups is 1. The van der Waals surface area contributed by atoms with E-state index in [0.29, 0.717) is 23.1 Å². The molecule has 0 aliphatic carbocycles. The zero-order chi connectivity index (χ0) is 20.6. The highest BCUT2D eigenvalue weighted by molar-refractivity contribution is 7.80. The summed E-state index contributed by atoms with van der Waals surface area (Å²) in [5, 5.41) is 9.72. The second-order valence-corrected chi connectivity index (χ2v) is 7.51. The Labute approximate surface area is 177 Å². The predicted octanol–water partition coefficient (Wildman–Crippen LogP) is 5.55. The fraction of sp³-hybridized carbons (Fsp3) is 0.167. The molecule has 0 spiro atoms. The van der Waals surface area contributed by atoms with Crippen molar-refractivity contribution in [1.82, 2.24) is 5.32 Å². The van der Waals surface area contributed by atoms with Gasteiger partial charge >= 0.3 is 0 Å². The maximum absolute atomic E-state index is 12.4. The highest BCUT2D eigenvalue weighted by Crippen LogP contribution is 2.18. The molecule has 0 saturated carbocycles. The molecule has 0 aliphatic rings. The van der Waals surface area contributed by atoms with Gasteiger partial charge in [-0.3, -0.25) is 4.79 Å². The third-order valence-electron chi connectivity index (χ3n) is 4.51. The summed E-state index contributed by atoms with van der Waals surface area (Å²) in [6, 6.07) is 25.3. The van der Waals surface area contributed by atoms with Crippen LogP contribution < -0.4 is 16.0 Å². The molecule has 0 atom stereocenters. The average molecular weight is 404 g/mol. The lowest BCUT2D eigenvalue weighted by Crippen LogP contribution is -2.23. The SMILES string of the molecule is CC(C)c1ccc(NC(=S)Nc2cccc(C(=O)NCc3ccccc3)c2)cc1. The molecule has 0 heterocycles. The van der Waals surface area contributed by atoms with E-state index in [1.54, 1.807) is 12.1 Å². The summed E-state index contributed by atoms with van der Waals surface area (Å²) >= 11 is 5.40. The lowest BCUT2D eigenvalue weighted by molar-refractivity contribution is 0.0951. The largest absolute Gasteiger partial charge is 0.348 e. The van der Waals surface area contributed by atoms with Crippen LogP contribution in [0.5, 0.6) is 0 Å². The minimum Gasteiger partial charge on any atom is -0.348 e. The van der Waals surface area contributed by atoms with E-state index in [-0.39, 0.29) is 5.91 Å². The van der Waals surface area contributed by atoms with Crippen molar-refractivity contribution in [1.29, 1.82) is 0 Å². The molecule has 3 aromatic carbocycles. The molecule has 3 rings (SSSR count). The molecule has 0 unspecified atom stereocenters. The van der Waals surface area contributed by atoms with Crippen LogP contribution in [-0.4, -0.2) is 11.0 Å². The van der Waals surface area contributed by atoms with Crippen LogP contribution in [0.15, 0.2) is 78.9 Å². The van der Waals surface area contributed by atoms with Crippen molar-refractivity contribution in [2.45, 2.75) is 26.3 Å². The first-order valence-electron chi connectivity index (χ1n) is 9.61. The van der Waals surface area contributed by atoms with Crippen molar-refractivity contribution in [3.05, 3.63) is 95.6 Å². The van der Waals surface area contributed by atoms with E-state index in [2.05, 4.69) is 41.9 Å². The van der Waals surface area contributed by atoms with Gasteiger partial charge in [-0.05, 0) is 59.6 Å². The predicted molar refractivity (Wildman–Crippen MR) is 124 cm³/mol. The van der Waals surface area contributed by atoms with Gasteiger partial charge in [0.05, 0.1) is 0 Å². The monoisotopic (exact) mass is 403 g/mol. The summed E-state index contributed by atoms with van der Waals surface area (Å²) in [5.74, 6) is 0.366. The molecule has 3 N–H and O–H groups in total. The fourth-order valence-corrected chi connectivity index (χ4v) is 3.10. The van der Waals surface area contributed by atoms with Gasteiger partial charge in [-0.2, -0.15) is 0 Å².